The lowest BCUT2D eigenvalue weighted by atomic mass is 10.1. The molecule has 0 spiro atoms. The lowest BCUT2D eigenvalue weighted by Gasteiger charge is -2.35. The molecule has 150 valence electrons. The quantitative estimate of drug-likeness (QED) is 0.382. The molecule has 1 aliphatic carbocycles. The van der Waals surface area contributed by atoms with Crippen LogP contribution in [0.5, 0.6) is 0 Å². The molecule has 0 unspecified atom stereocenters. The molecule has 2 fully saturated rings. The fraction of sp³-hybridized carbons (Fsp3) is 0.600. The van der Waals surface area contributed by atoms with E-state index in [-0.39, 0.29) is 24.0 Å². The van der Waals surface area contributed by atoms with Crippen molar-refractivity contribution in [3.63, 3.8) is 0 Å². The number of carbonyl (C=O) groups excluding carboxylic acids is 1. The van der Waals surface area contributed by atoms with Crippen LogP contribution in [0, 0.1) is 12.8 Å². The van der Waals surface area contributed by atoms with Crippen LogP contribution in [0.2, 0.25) is 0 Å². The van der Waals surface area contributed by atoms with E-state index in [0.717, 1.165) is 51.3 Å². The summed E-state index contributed by atoms with van der Waals surface area (Å²) in [6.07, 6.45) is 4.60. The maximum absolute atomic E-state index is 12.5. The standard InChI is InChI=1S/C20H31N5O.HI/c1-16-5-4-8-18(15-16)23-20(21)22-9-10-24-11-13-25(14-12-24)19(26)17-6-2-3-7-17;/h4-5,8,15,17H,2-3,6-7,9-14H2,1H3,(H3,21,22,23);1H. The van der Waals surface area contributed by atoms with Gasteiger partial charge in [0.15, 0.2) is 5.96 Å². The van der Waals surface area contributed by atoms with Crippen LogP contribution in [-0.4, -0.2) is 60.9 Å². The van der Waals surface area contributed by atoms with Crippen LogP contribution in [0.3, 0.4) is 0 Å². The van der Waals surface area contributed by atoms with E-state index in [1.807, 2.05) is 18.2 Å². The molecule has 1 heterocycles. The number of benzene rings is 1. The van der Waals surface area contributed by atoms with Crippen LogP contribution in [0.4, 0.5) is 5.69 Å². The SMILES string of the molecule is Cc1cccc(NC(N)=NCCN2CCN(C(=O)C3CCCC3)CC2)c1.I. The Morgan fingerprint density at radius 1 is 1.22 bits per heavy atom. The maximum Gasteiger partial charge on any atom is 0.225 e. The van der Waals surface area contributed by atoms with Gasteiger partial charge in [0.2, 0.25) is 5.91 Å². The highest BCUT2D eigenvalue weighted by Gasteiger charge is 2.29. The Morgan fingerprint density at radius 3 is 2.59 bits per heavy atom. The summed E-state index contributed by atoms with van der Waals surface area (Å²) >= 11 is 0. The molecule has 0 radical (unpaired) electrons. The minimum atomic E-state index is 0. The number of hydrogen-bond acceptors (Lipinski definition) is 3. The van der Waals surface area contributed by atoms with Crippen molar-refractivity contribution in [2.75, 3.05) is 44.6 Å². The fourth-order valence-corrected chi connectivity index (χ4v) is 3.84. The summed E-state index contributed by atoms with van der Waals surface area (Å²) in [5, 5.41) is 3.13. The van der Waals surface area contributed by atoms with Crippen LogP contribution in [0.1, 0.15) is 31.2 Å². The van der Waals surface area contributed by atoms with Crippen LogP contribution in [0.15, 0.2) is 29.3 Å². The maximum atomic E-state index is 12.5. The largest absolute Gasteiger partial charge is 0.370 e. The molecular formula is C20H32IN5O. The van der Waals surface area contributed by atoms with Gasteiger partial charge in [-0.25, -0.2) is 0 Å². The van der Waals surface area contributed by atoms with E-state index in [1.54, 1.807) is 0 Å². The van der Waals surface area contributed by atoms with Crippen LogP contribution in [0.25, 0.3) is 0 Å². The van der Waals surface area contributed by atoms with Crippen molar-refractivity contribution in [1.82, 2.24) is 9.80 Å². The molecule has 1 saturated carbocycles. The molecular weight excluding hydrogens is 453 g/mol. The number of amides is 1. The van der Waals surface area contributed by atoms with E-state index in [0.29, 0.717) is 24.3 Å². The predicted octanol–water partition coefficient (Wildman–Crippen LogP) is 2.67. The molecule has 1 aliphatic heterocycles. The van der Waals surface area contributed by atoms with Gasteiger partial charge in [-0.15, -0.1) is 24.0 Å². The van der Waals surface area contributed by atoms with Crippen LogP contribution >= 0.6 is 24.0 Å². The number of nitrogens with two attached hydrogens (primary N) is 1. The van der Waals surface area contributed by atoms with Gasteiger partial charge in [0.1, 0.15) is 0 Å². The molecule has 0 atom stereocenters. The smallest absolute Gasteiger partial charge is 0.225 e. The topological polar surface area (TPSA) is 74.0 Å². The van der Waals surface area contributed by atoms with Crippen molar-refractivity contribution in [2.24, 2.45) is 16.6 Å². The first-order valence-electron chi connectivity index (χ1n) is 9.76. The van der Waals surface area contributed by atoms with E-state index in [9.17, 15) is 4.79 Å². The molecule has 6 nitrogen and oxygen atoms in total. The number of anilines is 1. The minimum absolute atomic E-state index is 0. The third-order valence-corrected chi connectivity index (χ3v) is 5.38. The number of piperazine rings is 1. The Hall–Kier alpha value is -1.35. The van der Waals surface area contributed by atoms with Gasteiger partial charge in [0.05, 0.1) is 6.54 Å². The van der Waals surface area contributed by atoms with Crippen molar-refractivity contribution in [2.45, 2.75) is 32.6 Å². The summed E-state index contributed by atoms with van der Waals surface area (Å²) in [6, 6.07) is 8.08. The number of nitrogens with zero attached hydrogens (tertiary/aromatic N) is 3. The number of aryl methyl sites for hydroxylation is 1. The Labute approximate surface area is 179 Å². The molecule has 7 heteroatoms. The number of nitrogens with one attached hydrogen (secondary N) is 1. The molecule has 3 rings (SSSR count). The van der Waals surface area contributed by atoms with E-state index in [2.05, 4.69) is 33.1 Å². The summed E-state index contributed by atoms with van der Waals surface area (Å²) in [5.41, 5.74) is 8.12. The van der Waals surface area contributed by atoms with Crippen molar-refractivity contribution in [3.8, 4) is 0 Å². The zero-order valence-corrected chi connectivity index (χ0v) is 18.5. The summed E-state index contributed by atoms with van der Waals surface area (Å²) < 4.78 is 0. The highest BCUT2D eigenvalue weighted by atomic mass is 127. The Morgan fingerprint density at radius 2 is 1.93 bits per heavy atom. The number of carbonyl (C=O) groups is 1. The lowest BCUT2D eigenvalue weighted by Crippen LogP contribution is -2.50. The third kappa shape index (κ3) is 6.64. The van der Waals surface area contributed by atoms with E-state index < -0.39 is 0 Å². The molecule has 2 aliphatic rings. The van der Waals surface area contributed by atoms with Crippen molar-refractivity contribution in [3.05, 3.63) is 29.8 Å². The summed E-state index contributed by atoms with van der Waals surface area (Å²) in [5.74, 6) is 1.12. The van der Waals surface area contributed by atoms with Gasteiger partial charge < -0.3 is 16.0 Å². The number of hydrogen-bond donors (Lipinski definition) is 2. The first-order valence-corrected chi connectivity index (χ1v) is 9.76. The van der Waals surface area contributed by atoms with Crippen LogP contribution < -0.4 is 11.1 Å². The zero-order valence-electron chi connectivity index (χ0n) is 16.2. The number of aliphatic imine (C=N–C) groups is 1. The summed E-state index contributed by atoms with van der Waals surface area (Å²) in [7, 11) is 0. The Balaban J connectivity index is 0.00000261. The molecule has 0 bridgehead atoms. The van der Waals surface area contributed by atoms with Gasteiger partial charge in [-0.2, -0.15) is 0 Å². The average molecular weight is 485 g/mol. The Kier molecular flexibility index (Phi) is 8.82. The van der Waals surface area contributed by atoms with Crippen molar-refractivity contribution >= 4 is 41.5 Å². The molecule has 0 aromatic heterocycles. The predicted molar refractivity (Wildman–Crippen MR) is 122 cm³/mol. The molecule has 1 saturated heterocycles. The van der Waals surface area contributed by atoms with Gasteiger partial charge in [0, 0.05) is 44.3 Å². The van der Waals surface area contributed by atoms with Crippen LogP contribution in [-0.2, 0) is 4.79 Å². The summed E-state index contributed by atoms with van der Waals surface area (Å²) in [6.45, 7) is 7.14. The monoisotopic (exact) mass is 485 g/mol. The van der Waals surface area contributed by atoms with Crippen molar-refractivity contribution < 1.29 is 4.79 Å². The molecule has 1 amide bonds. The lowest BCUT2D eigenvalue weighted by molar-refractivity contribution is -0.137. The fourth-order valence-electron chi connectivity index (χ4n) is 3.84. The average Bonchev–Trinajstić information content (AvgIpc) is 3.16. The van der Waals surface area contributed by atoms with Crippen molar-refractivity contribution in [1.29, 1.82) is 0 Å². The zero-order chi connectivity index (χ0) is 18.4. The first-order chi connectivity index (χ1) is 12.6. The normalized spacial score (nSPS) is 19.0. The highest BCUT2D eigenvalue weighted by Crippen LogP contribution is 2.26. The molecule has 27 heavy (non-hydrogen) atoms. The second-order valence-electron chi connectivity index (χ2n) is 7.41. The minimum Gasteiger partial charge on any atom is -0.370 e. The summed E-state index contributed by atoms with van der Waals surface area (Å²) in [4.78, 5) is 21.3. The highest BCUT2D eigenvalue weighted by molar-refractivity contribution is 14.0. The molecule has 1 aromatic carbocycles. The van der Waals surface area contributed by atoms with E-state index in [1.165, 1.54) is 18.4 Å². The number of rotatable bonds is 5. The van der Waals surface area contributed by atoms with Gasteiger partial charge >= 0.3 is 0 Å². The number of halogens is 1. The molecule has 1 aromatic rings. The van der Waals surface area contributed by atoms with E-state index >= 15 is 0 Å². The van der Waals surface area contributed by atoms with Gasteiger partial charge in [-0.1, -0.05) is 25.0 Å². The Bertz CT molecular complexity index is 637. The first kappa shape index (κ1) is 21.9. The second-order valence-corrected chi connectivity index (χ2v) is 7.41. The second kappa shape index (κ2) is 10.8. The van der Waals surface area contributed by atoms with Gasteiger partial charge in [-0.3, -0.25) is 14.7 Å². The molecule has 3 N–H and O–H groups in total. The number of guanidine groups is 1. The van der Waals surface area contributed by atoms with Gasteiger partial charge in [0.25, 0.3) is 0 Å². The van der Waals surface area contributed by atoms with Gasteiger partial charge in [-0.05, 0) is 37.5 Å². The third-order valence-electron chi connectivity index (χ3n) is 5.38. The van der Waals surface area contributed by atoms with E-state index in [4.69, 9.17) is 5.73 Å².